The lowest BCUT2D eigenvalue weighted by Gasteiger charge is -2.00. The molecule has 0 unspecified atom stereocenters. The van der Waals surface area contributed by atoms with E-state index in [2.05, 4.69) is 15.0 Å². The topological polar surface area (TPSA) is 38.7 Å². The van der Waals surface area contributed by atoms with Crippen molar-refractivity contribution in [2.75, 3.05) is 0 Å². The van der Waals surface area contributed by atoms with E-state index in [1.807, 2.05) is 13.8 Å². The van der Waals surface area contributed by atoms with Crippen LogP contribution in [0.5, 0.6) is 0 Å². The minimum absolute atomic E-state index is 0.194. The maximum Gasteiger partial charge on any atom is 0.223 e. The Morgan fingerprint density at radius 2 is 1.93 bits per heavy atom. The Labute approximate surface area is 101 Å². The molecule has 0 aliphatic rings. The molecule has 2 aromatic rings. The molecule has 0 saturated heterocycles. The van der Waals surface area contributed by atoms with Crippen molar-refractivity contribution in [3.05, 3.63) is 27.2 Å². The van der Waals surface area contributed by atoms with Crippen LogP contribution in [0.2, 0.25) is 10.3 Å². The van der Waals surface area contributed by atoms with Crippen molar-refractivity contribution >= 4 is 34.5 Å². The molecule has 0 saturated carbocycles. The smallest absolute Gasteiger partial charge is 0.223 e. The van der Waals surface area contributed by atoms with Gasteiger partial charge in [0.05, 0.1) is 26.8 Å². The van der Waals surface area contributed by atoms with Gasteiger partial charge in [-0.3, -0.25) is 0 Å². The Morgan fingerprint density at radius 1 is 1.20 bits per heavy atom. The molecule has 0 spiro atoms. The van der Waals surface area contributed by atoms with E-state index in [0.717, 1.165) is 15.6 Å². The molecule has 0 atom stereocenters. The first-order valence-corrected chi connectivity index (χ1v) is 5.77. The highest BCUT2D eigenvalue weighted by Crippen LogP contribution is 2.33. The minimum atomic E-state index is 0.194. The maximum absolute atomic E-state index is 6.01. The normalized spacial score (nSPS) is 10.7. The van der Waals surface area contributed by atoms with Gasteiger partial charge in [-0.05, 0) is 25.4 Å². The maximum atomic E-state index is 6.01. The van der Waals surface area contributed by atoms with Crippen LogP contribution >= 0.6 is 34.5 Å². The first kappa shape index (κ1) is 10.8. The van der Waals surface area contributed by atoms with Gasteiger partial charge in [0, 0.05) is 0 Å². The number of hydrogen-bond acceptors (Lipinski definition) is 4. The fourth-order valence-electron chi connectivity index (χ4n) is 1.26. The molecule has 0 bridgehead atoms. The SMILES string of the molecule is Cc1nc(C)c(-c2nc(Cl)ncc2Cl)s1. The molecule has 0 aliphatic carbocycles. The fraction of sp³-hybridized carbons (Fsp3) is 0.222. The zero-order chi connectivity index (χ0) is 11.0. The standard InChI is InChI=1S/C9H7Cl2N3S/c1-4-8(15-5(2)13-4)7-6(10)3-12-9(11)14-7/h3H,1-2H3. The van der Waals surface area contributed by atoms with Crippen LogP contribution < -0.4 is 0 Å². The highest BCUT2D eigenvalue weighted by atomic mass is 35.5. The van der Waals surface area contributed by atoms with Crippen LogP contribution in [-0.4, -0.2) is 15.0 Å². The van der Waals surface area contributed by atoms with E-state index >= 15 is 0 Å². The Kier molecular flexibility index (Phi) is 2.91. The predicted octanol–water partition coefficient (Wildman–Crippen LogP) is 3.52. The lowest BCUT2D eigenvalue weighted by Crippen LogP contribution is -1.88. The van der Waals surface area contributed by atoms with Gasteiger partial charge in [-0.25, -0.2) is 15.0 Å². The third-order valence-corrected chi connectivity index (χ3v) is 3.37. The molecule has 0 N–H and O–H groups in total. The molecular formula is C9H7Cl2N3S. The molecule has 6 heteroatoms. The molecule has 2 heterocycles. The summed E-state index contributed by atoms with van der Waals surface area (Å²) in [7, 11) is 0. The van der Waals surface area contributed by atoms with Gasteiger partial charge in [0.25, 0.3) is 0 Å². The van der Waals surface area contributed by atoms with Crippen molar-refractivity contribution < 1.29 is 0 Å². The van der Waals surface area contributed by atoms with Gasteiger partial charge in [-0.1, -0.05) is 11.6 Å². The van der Waals surface area contributed by atoms with Gasteiger partial charge in [0.15, 0.2) is 0 Å². The molecule has 0 radical (unpaired) electrons. The zero-order valence-electron chi connectivity index (χ0n) is 8.08. The van der Waals surface area contributed by atoms with E-state index in [9.17, 15) is 0 Å². The predicted molar refractivity (Wildman–Crippen MR) is 62.6 cm³/mol. The summed E-state index contributed by atoms with van der Waals surface area (Å²) in [5, 5.41) is 1.67. The summed E-state index contributed by atoms with van der Waals surface area (Å²) in [6.45, 7) is 3.86. The monoisotopic (exact) mass is 259 g/mol. The highest BCUT2D eigenvalue weighted by molar-refractivity contribution is 7.15. The van der Waals surface area contributed by atoms with Gasteiger partial charge in [0.1, 0.15) is 5.69 Å². The third kappa shape index (κ3) is 2.12. The first-order valence-electron chi connectivity index (χ1n) is 4.20. The molecule has 0 amide bonds. The zero-order valence-corrected chi connectivity index (χ0v) is 10.4. The van der Waals surface area contributed by atoms with Crippen LogP contribution in [0.4, 0.5) is 0 Å². The van der Waals surface area contributed by atoms with Crippen molar-refractivity contribution in [1.29, 1.82) is 0 Å². The summed E-state index contributed by atoms with van der Waals surface area (Å²) in [4.78, 5) is 13.2. The van der Waals surface area contributed by atoms with E-state index in [4.69, 9.17) is 23.2 Å². The summed E-state index contributed by atoms with van der Waals surface area (Å²) in [6.07, 6.45) is 1.50. The average Bonchev–Trinajstić information content (AvgIpc) is 2.50. The quantitative estimate of drug-likeness (QED) is 0.736. The molecule has 3 nitrogen and oxygen atoms in total. The molecule has 0 aromatic carbocycles. The molecule has 15 heavy (non-hydrogen) atoms. The van der Waals surface area contributed by atoms with E-state index < -0.39 is 0 Å². The van der Waals surface area contributed by atoms with Crippen LogP contribution in [0.1, 0.15) is 10.7 Å². The number of hydrogen-bond donors (Lipinski definition) is 0. The van der Waals surface area contributed by atoms with Crippen molar-refractivity contribution in [3.8, 4) is 10.6 Å². The van der Waals surface area contributed by atoms with Crippen LogP contribution in [0.25, 0.3) is 10.6 Å². The summed E-state index contributed by atoms with van der Waals surface area (Å²) >= 11 is 13.3. The van der Waals surface area contributed by atoms with E-state index in [-0.39, 0.29) is 5.28 Å². The van der Waals surface area contributed by atoms with Gasteiger partial charge in [0.2, 0.25) is 5.28 Å². The third-order valence-electron chi connectivity index (χ3n) is 1.83. The summed E-state index contributed by atoms with van der Waals surface area (Å²) in [6, 6.07) is 0. The number of aromatic nitrogens is 3. The molecular weight excluding hydrogens is 253 g/mol. The van der Waals surface area contributed by atoms with Crippen LogP contribution in [-0.2, 0) is 0 Å². The molecule has 0 aliphatic heterocycles. The van der Waals surface area contributed by atoms with Gasteiger partial charge in [-0.15, -0.1) is 11.3 Å². The Bertz CT molecular complexity index is 510. The number of halogens is 2. The van der Waals surface area contributed by atoms with Crippen molar-refractivity contribution in [2.24, 2.45) is 0 Å². The number of aryl methyl sites for hydroxylation is 2. The second kappa shape index (κ2) is 4.04. The second-order valence-electron chi connectivity index (χ2n) is 2.98. The Balaban J connectivity index is 2.62. The molecule has 78 valence electrons. The number of thiazole rings is 1. The molecule has 2 rings (SSSR count). The minimum Gasteiger partial charge on any atom is -0.246 e. The first-order chi connectivity index (χ1) is 7.08. The van der Waals surface area contributed by atoms with Crippen molar-refractivity contribution in [3.63, 3.8) is 0 Å². The van der Waals surface area contributed by atoms with E-state index in [1.54, 1.807) is 11.3 Å². The summed E-state index contributed by atoms with van der Waals surface area (Å²) in [5.41, 5.74) is 1.56. The summed E-state index contributed by atoms with van der Waals surface area (Å²) in [5.74, 6) is 0. The Hall–Kier alpha value is -0.710. The molecule has 2 aromatic heterocycles. The highest BCUT2D eigenvalue weighted by Gasteiger charge is 2.13. The van der Waals surface area contributed by atoms with E-state index in [0.29, 0.717) is 10.7 Å². The van der Waals surface area contributed by atoms with Gasteiger partial charge in [-0.2, -0.15) is 0 Å². The lowest BCUT2D eigenvalue weighted by atomic mass is 10.3. The lowest BCUT2D eigenvalue weighted by molar-refractivity contribution is 1.16. The summed E-state index contributed by atoms with van der Waals surface area (Å²) < 4.78 is 0. The Morgan fingerprint density at radius 3 is 2.53 bits per heavy atom. The van der Waals surface area contributed by atoms with Gasteiger partial charge < -0.3 is 0 Å². The van der Waals surface area contributed by atoms with Gasteiger partial charge >= 0.3 is 0 Å². The number of nitrogens with zero attached hydrogens (tertiary/aromatic N) is 3. The van der Waals surface area contributed by atoms with Crippen LogP contribution in [0.15, 0.2) is 6.20 Å². The van der Waals surface area contributed by atoms with Crippen molar-refractivity contribution in [1.82, 2.24) is 15.0 Å². The van der Waals surface area contributed by atoms with Crippen molar-refractivity contribution in [2.45, 2.75) is 13.8 Å². The van der Waals surface area contributed by atoms with E-state index in [1.165, 1.54) is 6.20 Å². The van der Waals surface area contributed by atoms with Crippen LogP contribution in [0.3, 0.4) is 0 Å². The average molecular weight is 260 g/mol. The van der Waals surface area contributed by atoms with Crippen LogP contribution in [0, 0.1) is 13.8 Å². The number of rotatable bonds is 1. The molecule has 0 fully saturated rings. The second-order valence-corrected chi connectivity index (χ2v) is 4.93. The fourth-order valence-corrected chi connectivity index (χ4v) is 2.55. The largest absolute Gasteiger partial charge is 0.246 e.